The van der Waals surface area contributed by atoms with Crippen LogP contribution in [0.4, 0.5) is 5.00 Å². The van der Waals surface area contributed by atoms with Crippen molar-refractivity contribution < 1.29 is 23.6 Å². The summed E-state index contributed by atoms with van der Waals surface area (Å²) in [5.74, 6) is -0.920. The van der Waals surface area contributed by atoms with E-state index in [9.17, 15) is 14.4 Å². The van der Waals surface area contributed by atoms with Crippen LogP contribution in [-0.4, -0.2) is 29.4 Å². The van der Waals surface area contributed by atoms with Crippen molar-refractivity contribution in [3.05, 3.63) is 57.1 Å². The lowest BCUT2D eigenvalue weighted by atomic mass is 10.1. The van der Waals surface area contributed by atoms with Crippen LogP contribution in [-0.2, 0) is 4.74 Å². The lowest BCUT2D eigenvalue weighted by Gasteiger charge is -2.05. The molecule has 0 aliphatic rings. The highest BCUT2D eigenvalue weighted by atomic mass is 35.5. The number of carbonyl (C=O) groups excluding carboxylic acids is 3. The van der Waals surface area contributed by atoms with E-state index in [-0.39, 0.29) is 35.1 Å². The van der Waals surface area contributed by atoms with Gasteiger partial charge in [0.1, 0.15) is 5.00 Å². The van der Waals surface area contributed by atoms with Crippen LogP contribution in [0.1, 0.15) is 56.3 Å². The molecule has 2 aromatic heterocycles. The molecule has 1 aromatic carbocycles. The van der Waals surface area contributed by atoms with E-state index in [1.54, 1.807) is 45.0 Å². The topological polar surface area (TPSA) is 98.5 Å². The summed E-state index contributed by atoms with van der Waals surface area (Å²) in [7, 11) is 0. The first-order chi connectivity index (χ1) is 14.3. The summed E-state index contributed by atoms with van der Waals surface area (Å²) in [5.41, 5.74) is 1.35. The first-order valence-electron chi connectivity index (χ1n) is 9.23. The van der Waals surface area contributed by atoms with Gasteiger partial charge in [0.25, 0.3) is 5.91 Å². The Hall–Kier alpha value is -2.97. The van der Waals surface area contributed by atoms with Crippen LogP contribution in [0.2, 0.25) is 5.02 Å². The molecule has 0 saturated carbocycles. The van der Waals surface area contributed by atoms with Crippen molar-refractivity contribution in [3.63, 3.8) is 0 Å². The zero-order valence-electron chi connectivity index (χ0n) is 16.6. The zero-order chi connectivity index (χ0) is 21.8. The summed E-state index contributed by atoms with van der Waals surface area (Å²) in [6, 6.07) is 8.42. The van der Waals surface area contributed by atoms with Gasteiger partial charge in [-0.2, -0.15) is 0 Å². The van der Waals surface area contributed by atoms with Gasteiger partial charge in [-0.25, -0.2) is 4.79 Å². The first kappa shape index (κ1) is 21.7. The summed E-state index contributed by atoms with van der Waals surface area (Å²) in [6.07, 6.45) is 0.281. The third kappa shape index (κ3) is 4.44. The van der Waals surface area contributed by atoms with Crippen molar-refractivity contribution in [3.8, 4) is 11.3 Å². The van der Waals surface area contributed by atoms with E-state index in [1.807, 2.05) is 0 Å². The van der Waals surface area contributed by atoms with E-state index in [0.29, 0.717) is 26.8 Å². The Morgan fingerprint density at radius 2 is 2.00 bits per heavy atom. The van der Waals surface area contributed by atoms with E-state index >= 15 is 0 Å². The molecule has 0 saturated heterocycles. The number of anilines is 1. The summed E-state index contributed by atoms with van der Waals surface area (Å²) in [5, 5.41) is 7.22. The minimum absolute atomic E-state index is 0.0224. The number of hydrogen-bond donors (Lipinski definition) is 1. The highest BCUT2D eigenvalue weighted by Gasteiger charge is 2.27. The Balaban J connectivity index is 1.91. The maximum atomic E-state index is 12.7. The number of carbonyl (C=O) groups is 3. The zero-order valence-corrected chi connectivity index (χ0v) is 18.1. The second kappa shape index (κ2) is 9.23. The predicted molar refractivity (Wildman–Crippen MR) is 115 cm³/mol. The van der Waals surface area contributed by atoms with Gasteiger partial charge in [0.2, 0.25) is 0 Å². The van der Waals surface area contributed by atoms with E-state index in [0.717, 1.165) is 11.3 Å². The van der Waals surface area contributed by atoms with Crippen molar-refractivity contribution in [2.45, 2.75) is 27.2 Å². The summed E-state index contributed by atoms with van der Waals surface area (Å²) >= 11 is 7.03. The summed E-state index contributed by atoms with van der Waals surface area (Å²) in [4.78, 5) is 37.8. The van der Waals surface area contributed by atoms with Gasteiger partial charge >= 0.3 is 5.97 Å². The lowest BCUT2D eigenvalue weighted by Crippen LogP contribution is -2.15. The molecule has 0 spiro atoms. The van der Waals surface area contributed by atoms with Crippen molar-refractivity contribution in [1.29, 1.82) is 0 Å². The Kier molecular flexibility index (Phi) is 6.69. The molecule has 30 heavy (non-hydrogen) atoms. The number of nitrogens with one attached hydrogen (secondary N) is 1. The van der Waals surface area contributed by atoms with Gasteiger partial charge in [0.15, 0.2) is 17.2 Å². The highest BCUT2D eigenvalue weighted by molar-refractivity contribution is 7.18. The van der Waals surface area contributed by atoms with E-state index in [1.165, 1.54) is 6.07 Å². The Morgan fingerprint density at radius 3 is 2.67 bits per heavy atom. The number of ketones is 1. The third-order valence-electron chi connectivity index (χ3n) is 4.28. The summed E-state index contributed by atoms with van der Waals surface area (Å²) in [6.45, 7) is 5.25. The molecule has 0 aliphatic carbocycles. The van der Waals surface area contributed by atoms with Crippen LogP contribution in [0, 0.1) is 6.92 Å². The van der Waals surface area contributed by atoms with Gasteiger partial charge in [0.05, 0.1) is 17.0 Å². The maximum Gasteiger partial charge on any atom is 0.341 e. The van der Waals surface area contributed by atoms with Gasteiger partial charge in [-0.05, 0) is 31.5 Å². The van der Waals surface area contributed by atoms with Crippen LogP contribution in [0.5, 0.6) is 0 Å². The van der Waals surface area contributed by atoms with Crippen LogP contribution in [0.25, 0.3) is 11.3 Å². The number of esters is 1. The first-order valence-corrected chi connectivity index (χ1v) is 10.4. The van der Waals surface area contributed by atoms with Gasteiger partial charge in [-0.1, -0.05) is 35.8 Å². The smallest absolute Gasteiger partial charge is 0.341 e. The molecule has 0 atom stereocenters. The highest BCUT2D eigenvalue weighted by Crippen LogP contribution is 2.35. The molecule has 3 rings (SSSR count). The number of rotatable bonds is 7. The molecule has 1 N–H and O–H groups in total. The van der Waals surface area contributed by atoms with Gasteiger partial charge in [-0.3, -0.25) is 9.59 Å². The fourth-order valence-electron chi connectivity index (χ4n) is 2.80. The number of aromatic nitrogens is 1. The van der Waals surface area contributed by atoms with E-state index in [2.05, 4.69) is 10.5 Å². The largest absolute Gasteiger partial charge is 0.462 e. The third-order valence-corrected chi connectivity index (χ3v) is 5.76. The van der Waals surface area contributed by atoms with Gasteiger partial charge in [-0.15, -0.1) is 11.3 Å². The molecule has 0 unspecified atom stereocenters. The monoisotopic (exact) mass is 446 g/mol. The van der Waals surface area contributed by atoms with Crippen molar-refractivity contribution in [2.24, 2.45) is 0 Å². The normalized spacial score (nSPS) is 10.7. The Bertz CT molecular complexity index is 1120. The number of Topliss-reactive ketones (excluding diaryl/α,β-unsaturated/α-hetero) is 1. The minimum Gasteiger partial charge on any atom is -0.462 e. The van der Waals surface area contributed by atoms with E-state index in [4.69, 9.17) is 20.9 Å². The van der Waals surface area contributed by atoms with Crippen molar-refractivity contribution >= 4 is 45.6 Å². The summed E-state index contributed by atoms with van der Waals surface area (Å²) < 4.78 is 10.3. The second-order valence-corrected chi connectivity index (χ2v) is 7.76. The van der Waals surface area contributed by atoms with Gasteiger partial charge < -0.3 is 14.6 Å². The number of ether oxygens (including phenoxy) is 1. The van der Waals surface area contributed by atoms with Crippen LogP contribution < -0.4 is 5.32 Å². The molecule has 3 aromatic rings. The quantitative estimate of drug-likeness (QED) is 0.386. The molecule has 0 fully saturated rings. The Morgan fingerprint density at radius 1 is 1.23 bits per heavy atom. The number of hydrogen-bond acceptors (Lipinski definition) is 7. The molecule has 9 heteroatoms. The Labute approximate surface area is 182 Å². The fraction of sp³-hybridized carbons (Fsp3) is 0.238. The predicted octanol–water partition coefficient (Wildman–Crippen LogP) is 5.39. The molecule has 7 nitrogen and oxygen atoms in total. The number of nitrogens with zero attached hydrogens (tertiary/aromatic N) is 1. The van der Waals surface area contributed by atoms with Crippen LogP contribution >= 0.6 is 22.9 Å². The molecule has 1 amide bonds. The van der Waals surface area contributed by atoms with Crippen molar-refractivity contribution in [1.82, 2.24) is 5.16 Å². The molecule has 0 radical (unpaired) electrons. The average Bonchev–Trinajstić information content (AvgIpc) is 3.33. The lowest BCUT2D eigenvalue weighted by molar-refractivity contribution is 0.0527. The van der Waals surface area contributed by atoms with Crippen molar-refractivity contribution in [2.75, 3.05) is 11.9 Å². The maximum absolute atomic E-state index is 12.7. The van der Waals surface area contributed by atoms with Crippen LogP contribution in [0.3, 0.4) is 0 Å². The number of benzene rings is 1. The fourth-order valence-corrected chi connectivity index (χ4v) is 4.19. The molecule has 2 heterocycles. The SMILES string of the molecule is CCOC(=O)c1c(NC(=O)c2cc(-c3cccc(Cl)c3)on2)sc(C(=O)CC)c1C. The van der Waals surface area contributed by atoms with E-state index < -0.39 is 11.9 Å². The molecular formula is C21H19ClN2O5S. The standard InChI is InChI=1S/C21H19ClN2O5S/c1-4-15(25)18-11(3)17(21(27)28-5-2)20(30-18)23-19(26)14-10-16(29-24-14)12-7-6-8-13(22)9-12/h6-10H,4-5H2,1-3H3,(H,23,26). The molecule has 0 bridgehead atoms. The minimum atomic E-state index is -0.600. The molecule has 0 aliphatic heterocycles. The molecule has 156 valence electrons. The average molecular weight is 447 g/mol. The second-order valence-electron chi connectivity index (χ2n) is 6.30. The van der Waals surface area contributed by atoms with Crippen LogP contribution in [0.15, 0.2) is 34.9 Å². The number of halogens is 1. The number of amides is 1. The van der Waals surface area contributed by atoms with Gasteiger partial charge in [0, 0.05) is 23.1 Å². The number of thiophene rings is 1. The molecular weight excluding hydrogens is 428 g/mol.